The lowest BCUT2D eigenvalue weighted by molar-refractivity contribution is -0.122. The summed E-state index contributed by atoms with van der Waals surface area (Å²) in [5.74, 6) is 0.201. The number of pyridine rings is 1. The van der Waals surface area contributed by atoms with Gasteiger partial charge in [0.2, 0.25) is 0 Å². The summed E-state index contributed by atoms with van der Waals surface area (Å²) in [7, 11) is 0. The Kier molecular flexibility index (Phi) is 9.43. The van der Waals surface area contributed by atoms with Crippen LogP contribution in [0.5, 0.6) is 0 Å². The molecule has 0 spiro atoms. The number of para-hydroxylation sites is 1. The fourth-order valence-electron chi connectivity index (χ4n) is 4.94. The second-order valence-corrected chi connectivity index (χ2v) is 10.9. The average molecular weight is 570 g/mol. The smallest absolute Gasteiger partial charge is 0.270 e. The number of hydrogen-bond donors (Lipinski definition) is 0. The van der Waals surface area contributed by atoms with Gasteiger partial charge in [-0.25, -0.2) is 4.39 Å². The van der Waals surface area contributed by atoms with Crippen molar-refractivity contribution in [3.8, 4) is 6.07 Å². The van der Waals surface area contributed by atoms with Crippen LogP contribution in [0.25, 0.3) is 6.08 Å². The first-order valence-electron chi connectivity index (χ1n) is 13.1. The van der Waals surface area contributed by atoms with Crippen molar-refractivity contribution in [2.24, 2.45) is 0 Å². The average Bonchev–Trinajstić information content (AvgIpc) is 3.20. The molecule has 2 saturated heterocycles. The maximum Gasteiger partial charge on any atom is 0.270 e. The molecule has 0 bridgehead atoms. The molecule has 2 aliphatic rings. The topological polar surface area (TPSA) is 81.8 Å². The van der Waals surface area contributed by atoms with Gasteiger partial charge in [-0.1, -0.05) is 36.1 Å². The van der Waals surface area contributed by atoms with Crippen LogP contribution in [0.4, 0.5) is 15.9 Å². The minimum atomic E-state index is -0.357. The second kappa shape index (κ2) is 12.8. The maximum atomic E-state index is 14.4. The molecule has 39 heavy (non-hydrogen) atoms. The molecule has 3 heterocycles. The number of halogens is 1. The Morgan fingerprint density at radius 2 is 1.85 bits per heavy atom. The van der Waals surface area contributed by atoms with Gasteiger partial charge in [0, 0.05) is 58.0 Å². The molecular weight excluding hydrogens is 537 g/mol. The highest BCUT2D eigenvalue weighted by Crippen LogP contribution is 2.36. The van der Waals surface area contributed by atoms with Crippen LogP contribution in [0.15, 0.2) is 34.0 Å². The molecular formula is C28H32FN5O3S2. The molecule has 8 nitrogen and oxygen atoms in total. The highest BCUT2D eigenvalue weighted by molar-refractivity contribution is 8.26. The minimum Gasteiger partial charge on any atom is -0.382 e. The third-order valence-electron chi connectivity index (χ3n) is 6.96. The summed E-state index contributed by atoms with van der Waals surface area (Å²) in [5.41, 5.74) is 1.44. The molecule has 0 radical (unpaired) electrons. The summed E-state index contributed by atoms with van der Waals surface area (Å²) in [6, 6.07) is 8.76. The van der Waals surface area contributed by atoms with E-state index < -0.39 is 0 Å². The van der Waals surface area contributed by atoms with Crippen LogP contribution in [-0.4, -0.2) is 65.6 Å². The van der Waals surface area contributed by atoms with E-state index in [1.54, 1.807) is 34.6 Å². The van der Waals surface area contributed by atoms with Gasteiger partial charge in [-0.2, -0.15) is 5.26 Å². The van der Waals surface area contributed by atoms with Gasteiger partial charge in [-0.05, 0) is 51.0 Å². The third kappa shape index (κ3) is 5.88. The monoisotopic (exact) mass is 569 g/mol. The molecule has 206 valence electrons. The van der Waals surface area contributed by atoms with Crippen molar-refractivity contribution in [2.75, 3.05) is 55.7 Å². The van der Waals surface area contributed by atoms with E-state index in [0.29, 0.717) is 90.8 Å². The summed E-state index contributed by atoms with van der Waals surface area (Å²) < 4.78 is 21.9. The molecule has 0 atom stereocenters. The predicted octanol–water partition coefficient (Wildman–Crippen LogP) is 4.14. The lowest BCUT2D eigenvalue weighted by Gasteiger charge is -2.39. The largest absolute Gasteiger partial charge is 0.382 e. The molecule has 4 rings (SSSR count). The summed E-state index contributed by atoms with van der Waals surface area (Å²) in [6.45, 7) is 9.69. The van der Waals surface area contributed by atoms with Crippen LogP contribution in [0.1, 0.15) is 37.0 Å². The standard InChI is InChI=1S/C28H32FN5O3S2/c1-4-33-25(32-14-12-31(13-15-32)23-10-7-6-9-22(23)29)20(19(3)21(18-30)26(33)35)17-24-27(36)34(28(38)39-24)11-8-16-37-5-2/h6-7,9-10,17H,4-5,8,11-16H2,1-3H3/b24-17-. The van der Waals surface area contributed by atoms with Crippen LogP contribution < -0.4 is 15.4 Å². The van der Waals surface area contributed by atoms with Gasteiger partial charge in [-0.15, -0.1) is 0 Å². The van der Waals surface area contributed by atoms with Crippen molar-refractivity contribution in [1.29, 1.82) is 5.26 Å². The molecule has 0 saturated carbocycles. The quantitative estimate of drug-likeness (QED) is 0.253. The van der Waals surface area contributed by atoms with E-state index in [1.807, 2.05) is 24.8 Å². The molecule has 11 heteroatoms. The zero-order chi connectivity index (χ0) is 28.1. The molecule has 2 fully saturated rings. The predicted molar refractivity (Wildman–Crippen MR) is 158 cm³/mol. The molecule has 2 aromatic rings. The molecule has 2 aliphatic heterocycles. The van der Waals surface area contributed by atoms with Crippen LogP contribution >= 0.6 is 24.0 Å². The number of hydrogen-bond acceptors (Lipinski definition) is 8. The fourth-order valence-corrected chi connectivity index (χ4v) is 6.23. The van der Waals surface area contributed by atoms with Crippen molar-refractivity contribution in [3.05, 3.63) is 62.0 Å². The molecule has 1 amide bonds. The second-order valence-electron chi connectivity index (χ2n) is 9.21. The molecule has 1 aromatic carbocycles. The molecule has 0 unspecified atom stereocenters. The number of aromatic nitrogens is 1. The van der Waals surface area contributed by atoms with Gasteiger partial charge in [-0.3, -0.25) is 19.1 Å². The lowest BCUT2D eigenvalue weighted by atomic mass is 10.0. The highest BCUT2D eigenvalue weighted by Gasteiger charge is 2.33. The van der Waals surface area contributed by atoms with E-state index in [4.69, 9.17) is 17.0 Å². The molecule has 1 aromatic heterocycles. The Morgan fingerprint density at radius 3 is 2.49 bits per heavy atom. The number of piperazine rings is 1. The number of thiocarbonyl (C=S) groups is 1. The van der Waals surface area contributed by atoms with E-state index in [-0.39, 0.29) is 22.8 Å². The number of carbonyl (C=O) groups is 1. The van der Waals surface area contributed by atoms with Crippen molar-refractivity contribution in [2.45, 2.75) is 33.7 Å². The number of benzene rings is 1. The van der Waals surface area contributed by atoms with Crippen LogP contribution in [0.3, 0.4) is 0 Å². The van der Waals surface area contributed by atoms with E-state index in [2.05, 4.69) is 11.0 Å². The van der Waals surface area contributed by atoms with E-state index in [1.165, 1.54) is 17.8 Å². The van der Waals surface area contributed by atoms with E-state index in [0.717, 1.165) is 0 Å². The summed E-state index contributed by atoms with van der Waals surface area (Å²) in [5, 5.41) is 9.82. The number of nitriles is 1. The number of anilines is 2. The van der Waals surface area contributed by atoms with Crippen LogP contribution in [0, 0.1) is 24.1 Å². The van der Waals surface area contributed by atoms with Crippen LogP contribution in [0.2, 0.25) is 0 Å². The maximum absolute atomic E-state index is 14.4. The first-order chi connectivity index (χ1) is 18.8. The zero-order valence-electron chi connectivity index (χ0n) is 22.4. The van der Waals surface area contributed by atoms with Gasteiger partial charge >= 0.3 is 0 Å². The van der Waals surface area contributed by atoms with Crippen molar-refractivity contribution in [1.82, 2.24) is 9.47 Å². The Hall–Kier alpha value is -3.20. The van der Waals surface area contributed by atoms with E-state index in [9.17, 15) is 19.2 Å². The Morgan fingerprint density at radius 1 is 1.15 bits per heavy atom. The Balaban J connectivity index is 1.70. The van der Waals surface area contributed by atoms with Gasteiger partial charge < -0.3 is 14.5 Å². The summed E-state index contributed by atoms with van der Waals surface area (Å²) >= 11 is 6.72. The van der Waals surface area contributed by atoms with Crippen molar-refractivity contribution >= 4 is 51.8 Å². The molecule has 0 aliphatic carbocycles. The fraction of sp³-hybridized carbons (Fsp3) is 0.429. The van der Waals surface area contributed by atoms with Crippen molar-refractivity contribution in [3.63, 3.8) is 0 Å². The Bertz CT molecular complexity index is 1390. The van der Waals surface area contributed by atoms with E-state index >= 15 is 0 Å². The van der Waals surface area contributed by atoms with Crippen molar-refractivity contribution < 1.29 is 13.9 Å². The molecule has 0 N–H and O–H groups in total. The first kappa shape index (κ1) is 28.8. The highest BCUT2D eigenvalue weighted by atomic mass is 32.2. The first-order valence-corrected chi connectivity index (χ1v) is 14.3. The number of rotatable bonds is 9. The number of amides is 1. The number of ether oxygens (including phenoxy) is 1. The van der Waals surface area contributed by atoms with Gasteiger partial charge in [0.1, 0.15) is 27.6 Å². The van der Waals surface area contributed by atoms with Crippen LogP contribution in [-0.2, 0) is 16.1 Å². The number of carbonyl (C=O) groups excluding carboxylic acids is 1. The SMILES string of the molecule is CCOCCCN1C(=O)/C(=C/c2c(C)c(C#N)c(=O)n(CC)c2N2CCN(c3ccccc3F)CC2)SC1=S. The normalized spacial score (nSPS) is 16.9. The third-order valence-corrected chi connectivity index (χ3v) is 8.34. The summed E-state index contributed by atoms with van der Waals surface area (Å²) in [4.78, 5) is 32.7. The summed E-state index contributed by atoms with van der Waals surface area (Å²) in [6.07, 6.45) is 2.44. The number of thioether (sulfide) groups is 1. The minimum absolute atomic E-state index is 0.0593. The Labute approximate surface area is 237 Å². The zero-order valence-corrected chi connectivity index (χ0v) is 24.0. The van der Waals surface area contributed by atoms with Gasteiger partial charge in [0.25, 0.3) is 11.5 Å². The lowest BCUT2D eigenvalue weighted by Crippen LogP contribution is -2.49. The number of nitrogens with zero attached hydrogens (tertiary/aromatic N) is 5. The van der Waals surface area contributed by atoms with Gasteiger partial charge in [0.05, 0.1) is 10.6 Å². The van der Waals surface area contributed by atoms with Gasteiger partial charge in [0.15, 0.2) is 0 Å².